The van der Waals surface area contributed by atoms with Crippen LogP contribution in [0, 0.1) is 5.82 Å². The fourth-order valence-corrected chi connectivity index (χ4v) is 1.35. The van der Waals surface area contributed by atoms with Crippen molar-refractivity contribution in [1.29, 1.82) is 0 Å². The van der Waals surface area contributed by atoms with Crippen LogP contribution in [0.5, 0.6) is 0 Å². The number of rotatable bonds is 2. The summed E-state index contributed by atoms with van der Waals surface area (Å²) in [6.45, 7) is 0. The van der Waals surface area contributed by atoms with Crippen LogP contribution in [0.4, 0.5) is 10.1 Å². The largest absolute Gasteiger partial charge is 0.398 e. The Morgan fingerprint density at radius 2 is 2.19 bits per heavy atom. The lowest BCUT2D eigenvalue weighted by Gasteiger charge is -2.05. The van der Waals surface area contributed by atoms with Crippen molar-refractivity contribution in [2.45, 2.75) is 0 Å². The molecule has 1 heterocycles. The average Bonchev–Trinajstić information content (AvgIpc) is 2.30. The first-order valence-electron chi connectivity index (χ1n) is 4.53. The van der Waals surface area contributed by atoms with E-state index in [0.717, 1.165) is 6.07 Å². The molecule has 0 aliphatic carbocycles. The summed E-state index contributed by atoms with van der Waals surface area (Å²) < 4.78 is 13.6. The first kappa shape index (κ1) is 10.2. The molecule has 0 saturated carbocycles. The number of aldehydes is 1. The van der Waals surface area contributed by atoms with Crippen molar-refractivity contribution in [3.05, 3.63) is 42.1 Å². The minimum atomic E-state index is -0.512. The summed E-state index contributed by atoms with van der Waals surface area (Å²) in [5.74, 6) is -0.512. The molecule has 4 nitrogen and oxygen atoms in total. The molecule has 2 aromatic rings. The van der Waals surface area contributed by atoms with Crippen molar-refractivity contribution in [3.8, 4) is 11.3 Å². The van der Waals surface area contributed by atoms with Crippen LogP contribution in [0.15, 0.2) is 30.7 Å². The summed E-state index contributed by atoms with van der Waals surface area (Å²) in [6.07, 6.45) is 3.39. The summed E-state index contributed by atoms with van der Waals surface area (Å²) in [5.41, 5.74) is 6.48. The lowest BCUT2D eigenvalue weighted by molar-refractivity contribution is 0.112. The maximum absolute atomic E-state index is 13.6. The van der Waals surface area contributed by atoms with Gasteiger partial charge >= 0.3 is 0 Å². The van der Waals surface area contributed by atoms with E-state index in [1.165, 1.54) is 18.6 Å². The van der Waals surface area contributed by atoms with Gasteiger partial charge in [0.1, 0.15) is 12.1 Å². The van der Waals surface area contributed by atoms with Gasteiger partial charge in [-0.15, -0.1) is 0 Å². The quantitative estimate of drug-likeness (QED) is 0.613. The fraction of sp³-hybridized carbons (Fsp3) is 0. The lowest BCUT2D eigenvalue weighted by Crippen LogP contribution is -1.97. The fourth-order valence-electron chi connectivity index (χ4n) is 1.35. The average molecular weight is 217 g/mol. The van der Waals surface area contributed by atoms with Gasteiger partial charge in [0.15, 0.2) is 6.29 Å². The van der Waals surface area contributed by atoms with Crippen LogP contribution in [0.3, 0.4) is 0 Å². The van der Waals surface area contributed by atoms with Crippen LogP contribution in [-0.2, 0) is 0 Å². The molecule has 1 aromatic heterocycles. The molecular formula is C11H8FN3O. The number of carbonyl (C=O) groups excluding carboxylic acids is 1. The van der Waals surface area contributed by atoms with Crippen molar-refractivity contribution in [2.24, 2.45) is 0 Å². The summed E-state index contributed by atoms with van der Waals surface area (Å²) in [7, 11) is 0. The Bertz CT molecular complexity index is 528. The van der Waals surface area contributed by atoms with Gasteiger partial charge in [-0.1, -0.05) is 0 Å². The molecule has 5 heteroatoms. The molecule has 0 unspecified atom stereocenters. The molecule has 0 aliphatic heterocycles. The number of aromatic nitrogens is 2. The predicted molar refractivity (Wildman–Crippen MR) is 57.2 cm³/mol. The van der Waals surface area contributed by atoms with Crippen molar-refractivity contribution < 1.29 is 9.18 Å². The Kier molecular flexibility index (Phi) is 2.59. The second kappa shape index (κ2) is 4.06. The molecule has 0 fully saturated rings. The van der Waals surface area contributed by atoms with E-state index in [1.807, 2.05) is 0 Å². The van der Waals surface area contributed by atoms with E-state index in [4.69, 9.17) is 5.73 Å². The number of nitrogen functional groups attached to an aromatic ring is 1. The predicted octanol–water partition coefficient (Wildman–Crippen LogP) is 1.68. The van der Waals surface area contributed by atoms with Crippen molar-refractivity contribution in [3.63, 3.8) is 0 Å². The molecule has 0 radical (unpaired) electrons. The van der Waals surface area contributed by atoms with E-state index >= 15 is 0 Å². The highest BCUT2D eigenvalue weighted by Gasteiger charge is 2.10. The topological polar surface area (TPSA) is 68.9 Å². The number of hydrogen-bond acceptors (Lipinski definition) is 4. The molecule has 16 heavy (non-hydrogen) atoms. The van der Waals surface area contributed by atoms with E-state index in [2.05, 4.69) is 9.97 Å². The normalized spacial score (nSPS) is 10.1. The second-order valence-corrected chi connectivity index (χ2v) is 3.17. The highest BCUT2D eigenvalue weighted by atomic mass is 19.1. The van der Waals surface area contributed by atoms with Gasteiger partial charge in [0.05, 0.1) is 5.69 Å². The van der Waals surface area contributed by atoms with Gasteiger partial charge in [0, 0.05) is 23.0 Å². The zero-order valence-corrected chi connectivity index (χ0v) is 8.22. The molecule has 2 rings (SSSR count). The third-order valence-electron chi connectivity index (χ3n) is 2.16. The Morgan fingerprint density at radius 1 is 1.38 bits per heavy atom. The zero-order valence-electron chi connectivity index (χ0n) is 8.22. The van der Waals surface area contributed by atoms with Gasteiger partial charge in [0.2, 0.25) is 0 Å². The number of carbonyl (C=O) groups is 1. The van der Waals surface area contributed by atoms with Crippen molar-refractivity contribution >= 4 is 12.0 Å². The first-order valence-corrected chi connectivity index (χ1v) is 4.53. The van der Waals surface area contributed by atoms with Crippen molar-refractivity contribution in [1.82, 2.24) is 9.97 Å². The zero-order chi connectivity index (χ0) is 11.5. The molecule has 80 valence electrons. The maximum Gasteiger partial charge on any atom is 0.152 e. The highest BCUT2D eigenvalue weighted by molar-refractivity contribution is 5.86. The highest BCUT2D eigenvalue weighted by Crippen LogP contribution is 2.24. The SMILES string of the molecule is Nc1cc(F)c(-c2ccncn2)cc1C=O. The number of halogens is 1. The van der Waals surface area contributed by atoms with Crippen LogP contribution >= 0.6 is 0 Å². The summed E-state index contributed by atoms with van der Waals surface area (Å²) in [5, 5.41) is 0. The van der Waals surface area contributed by atoms with Gasteiger partial charge in [-0.05, 0) is 18.2 Å². The Labute approximate surface area is 91.0 Å². The third-order valence-corrected chi connectivity index (χ3v) is 2.16. The van der Waals surface area contributed by atoms with E-state index in [9.17, 15) is 9.18 Å². The minimum Gasteiger partial charge on any atom is -0.398 e. The maximum atomic E-state index is 13.6. The van der Waals surface area contributed by atoms with Crippen LogP contribution in [0.25, 0.3) is 11.3 Å². The smallest absolute Gasteiger partial charge is 0.152 e. The molecule has 0 atom stereocenters. The Balaban J connectivity index is 2.62. The van der Waals surface area contributed by atoms with Gasteiger partial charge in [0.25, 0.3) is 0 Å². The number of benzene rings is 1. The van der Waals surface area contributed by atoms with E-state index in [1.54, 1.807) is 6.07 Å². The number of nitrogens with two attached hydrogens (primary N) is 1. The number of hydrogen-bond donors (Lipinski definition) is 1. The number of nitrogens with zero attached hydrogens (tertiary/aromatic N) is 2. The Hall–Kier alpha value is -2.30. The van der Waals surface area contributed by atoms with Gasteiger partial charge in [-0.2, -0.15) is 0 Å². The molecule has 0 aliphatic rings. The monoisotopic (exact) mass is 217 g/mol. The molecule has 0 spiro atoms. The number of anilines is 1. The van der Waals surface area contributed by atoms with Gasteiger partial charge in [-0.3, -0.25) is 4.79 Å². The summed E-state index contributed by atoms with van der Waals surface area (Å²) in [4.78, 5) is 18.3. The van der Waals surface area contributed by atoms with Crippen LogP contribution in [-0.4, -0.2) is 16.3 Å². The van der Waals surface area contributed by atoms with E-state index < -0.39 is 5.82 Å². The molecule has 0 saturated heterocycles. The second-order valence-electron chi connectivity index (χ2n) is 3.17. The first-order chi connectivity index (χ1) is 7.72. The standard InChI is InChI=1S/C11H8FN3O/c12-9-4-10(13)7(5-16)3-8(9)11-1-2-14-6-15-11/h1-6H,13H2. The molecule has 0 bridgehead atoms. The van der Waals surface area contributed by atoms with Crippen molar-refractivity contribution in [2.75, 3.05) is 5.73 Å². The summed E-state index contributed by atoms with van der Waals surface area (Å²) in [6, 6.07) is 4.05. The van der Waals surface area contributed by atoms with Crippen LogP contribution in [0.1, 0.15) is 10.4 Å². The van der Waals surface area contributed by atoms with E-state index in [0.29, 0.717) is 12.0 Å². The van der Waals surface area contributed by atoms with E-state index in [-0.39, 0.29) is 16.8 Å². The molecule has 1 aromatic carbocycles. The van der Waals surface area contributed by atoms with Gasteiger partial charge in [-0.25, -0.2) is 14.4 Å². The van der Waals surface area contributed by atoms with Gasteiger partial charge < -0.3 is 5.73 Å². The van der Waals surface area contributed by atoms with Crippen LogP contribution < -0.4 is 5.73 Å². The minimum absolute atomic E-state index is 0.116. The third kappa shape index (κ3) is 1.75. The molecular weight excluding hydrogens is 209 g/mol. The molecule has 2 N–H and O–H groups in total. The van der Waals surface area contributed by atoms with Crippen LogP contribution in [0.2, 0.25) is 0 Å². The molecule has 0 amide bonds. The lowest BCUT2D eigenvalue weighted by atomic mass is 10.1. The summed E-state index contributed by atoms with van der Waals surface area (Å²) >= 11 is 0. The Morgan fingerprint density at radius 3 is 2.81 bits per heavy atom.